The lowest BCUT2D eigenvalue weighted by Gasteiger charge is -2.06. The van der Waals surface area contributed by atoms with E-state index in [1.165, 1.54) is 24.2 Å². The minimum Gasteiger partial charge on any atom is -0.409 e. The predicted octanol–water partition coefficient (Wildman–Crippen LogP) is 3.83. The molecule has 5 heteroatoms. The average molecular weight is 317 g/mol. The van der Waals surface area contributed by atoms with E-state index in [-0.39, 0.29) is 5.84 Å². The molecule has 0 amide bonds. The molecule has 0 atom stereocenters. The highest BCUT2D eigenvalue weighted by molar-refractivity contribution is 9.10. The van der Waals surface area contributed by atoms with Gasteiger partial charge in [0.05, 0.1) is 0 Å². The Morgan fingerprint density at radius 3 is 2.82 bits per heavy atom. The summed E-state index contributed by atoms with van der Waals surface area (Å²) >= 11 is 5.26. The van der Waals surface area contributed by atoms with Gasteiger partial charge in [-0.15, -0.1) is 11.8 Å². The van der Waals surface area contributed by atoms with Crippen LogP contribution in [0.3, 0.4) is 0 Å². The van der Waals surface area contributed by atoms with Gasteiger partial charge in [0, 0.05) is 14.9 Å². The maximum absolute atomic E-state index is 8.62. The molecule has 17 heavy (non-hydrogen) atoms. The van der Waals surface area contributed by atoms with Crippen molar-refractivity contribution in [1.82, 2.24) is 0 Å². The van der Waals surface area contributed by atoms with Gasteiger partial charge in [-0.05, 0) is 46.3 Å². The summed E-state index contributed by atoms with van der Waals surface area (Å²) < 4.78 is 0.855. The van der Waals surface area contributed by atoms with Crippen molar-refractivity contribution in [1.29, 1.82) is 0 Å². The van der Waals surface area contributed by atoms with Crippen LogP contribution in [0, 0.1) is 0 Å². The fraction of sp³-hybridized carbons (Fsp3) is 0.417. The molecule has 0 saturated carbocycles. The Labute approximate surface area is 115 Å². The van der Waals surface area contributed by atoms with E-state index in [2.05, 4.69) is 28.0 Å². The summed E-state index contributed by atoms with van der Waals surface area (Å²) in [6.45, 7) is 2.20. The number of hydrogen-bond donors (Lipinski definition) is 2. The van der Waals surface area contributed by atoms with Crippen LogP contribution in [-0.2, 0) is 0 Å². The number of rotatable bonds is 6. The second-order valence-electron chi connectivity index (χ2n) is 3.68. The van der Waals surface area contributed by atoms with E-state index in [9.17, 15) is 0 Å². The molecule has 0 radical (unpaired) electrons. The summed E-state index contributed by atoms with van der Waals surface area (Å²) in [5.41, 5.74) is 6.26. The maximum atomic E-state index is 8.62. The monoisotopic (exact) mass is 316 g/mol. The summed E-state index contributed by atoms with van der Waals surface area (Å²) in [5.74, 6) is 1.25. The molecule has 0 aromatic heterocycles. The predicted molar refractivity (Wildman–Crippen MR) is 76.9 cm³/mol. The highest BCUT2D eigenvalue weighted by atomic mass is 79.9. The SMILES string of the molecule is CCCCCSc1ccc(/C(N)=N/O)c(Br)c1. The standard InChI is InChI=1S/C12H17BrN2OS/c1-2-3-4-7-17-9-5-6-10(11(13)8-9)12(14)15-16/h5-6,8,16H,2-4,7H2,1H3,(H2,14,15). The first-order valence-electron chi connectivity index (χ1n) is 5.59. The van der Waals surface area contributed by atoms with Gasteiger partial charge in [-0.3, -0.25) is 0 Å². The van der Waals surface area contributed by atoms with Gasteiger partial charge in [-0.25, -0.2) is 0 Å². The van der Waals surface area contributed by atoms with Gasteiger partial charge in [-0.2, -0.15) is 0 Å². The van der Waals surface area contributed by atoms with Crippen LogP contribution in [0.2, 0.25) is 0 Å². The minimum atomic E-state index is 0.124. The van der Waals surface area contributed by atoms with Crippen molar-refractivity contribution < 1.29 is 5.21 Å². The average Bonchev–Trinajstić information content (AvgIpc) is 2.34. The number of nitrogens with zero attached hydrogens (tertiary/aromatic N) is 1. The number of benzene rings is 1. The fourth-order valence-electron chi connectivity index (χ4n) is 1.39. The highest BCUT2D eigenvalue weighted by Gasteiger charge is 2.06. The lowest BCUT2D eigenvalue weighted by atomic mass is 10.2. The zero-order chi connectivity index (χ0) is 12.7. The number of oxime groups is 1. The molecule has 1 rings (SSSR count). The van der Waals surface area contributed by atoms with Crippen molar-refractivity contribution >= 4 is 33.5 Å². The van der Waals surface area contributed by atoms with Crippen molar-refractivity contribution in [2.75, 3.05) is 5.75 Å². The van der Waals surface area contributed by atoms with Crippen LogP contribution in [0.25, 0.3) is 0 Å². The maximum Gasteiger partial charge on any atom is 0.171 e. The largest absolute Gasteiger partial charge is 0.409 e. The molecule has 0 fully saturated rings. The molecule has 0 aliphatic carbocycles. The van der Waals surface area contributed by atoms with Crippen LogP contribution in [-0.4, -0.2) is 16.8 Å². The first-order valence-corrected chi connectivity index (χ1v) is 7.37. The Bertz CT molecular complexity index is 396. The van der Waals surface area contributed by atoms with Crippen LogP contribution < -0.4 is 5.73 Å². The molecule has 1 aromatic carbocycles. The smallest absolute Gasteiger partial charge is 0.171 e. The van der Waals surface area contributed by atoms with Crippen molar-refractivity contribution in [2.24, 2.45) is 10.9 Å². The number of hydrogen-bond acceptors (Lipinski definition) is 3. The van der Waals surface area contributed by atoms with E-state index in [4.69, 9.17) is 10.9 Å². The number of thioether (sulfide) groups is 1. The van der Waals surface area contributed by atoms with Crippen LogP contribution in [0.4, 0.5) is 0 Å². The molecule has 94 valence electrons. The van der Waals surface area contributed by atoms with Gasteiger partial charge in [0.15, 0.2) is 5.84 Å². The zero-order valence-electron chi connectivity index (χ0n) is 9.82. The Kier molecular flexibility index (Phi) is 6.44. The quantitative estimate of drug-likeness (QED) is 0.209. The Morgan fingerprint density at radius 2 is 2.24 bits per heavy atom. The summed E-state index contributed by atoms with van der Waals surface area (Å²) in [5, 5.41) is 11.6. The Balaban J connectivity index is 2.63. The third-order valence-corrected chi connectivity index (χ3v) is 4.08. The minimum absolute atomic E-state index is 0.124. The van der Waals surface area contributed by atoms with Crippen LogP contribution >= 0.6 is 27.7 Å². The zero-order valence-corrected chi connectivity index (χ0v) is 12.2. The number of unbranched alkanes of at least 4 members (excludes halogenated alkanes) is 2. The molecule has 0 aliphatic heterocycles. The van der Waals surface area contributed by atoms with Crippen molar-refractivity contribution in [2.45, 2.75) is 31.1 Å². The molecular weight excluding hydrogens is 300 g/mol. The normalized spacial score (nSPS) is 11.8. The molecule has 0 saturated heterocycles. The third-order valence-electron chi connectivity index (χ3n) is 2.34. The van der Waals surface area contributed by atoms with Gasteiger partial charge in [-0.1, -0.05) is 24.9 Å². The van der Waals surface area contributed by atoms with Gasteiger partial charge in [0.25, 0.3) is 0 Å². The van der Waals surface area contributed by atoms with E-state index in [0.29, 0.717) is 5.56 Å². The molecule has 0 aliphatic rings. The Hall–Kier alpha value is -0.680. The topological polar surface area (TPSA) is 58.6 Å². The van der Waals surface area contributed by atoms with E-state index in [1.807, 2.05) is 30.0 Å². The van der Waals surface area contributed by atoms with E-state index < -0.39 is 0 Å². The molecule has 0 spiro atoms. The highest BCUT2D eigenvalue weighted by Crippen LogP contribution is 2.26. The van der Waals surface area contributed by atoms with Crippen LogP contribution in [0.5, 0.6) is 0 Å². The van der Waals surface area contributed by atoms with Crippen molar-refractivity contribution in [3.8, 4) is 0 Å². The second kappa shape index (κ2) is 7.61. The number of nitrogens with two attached hydrogens (primary N) is 1. The lowest BCUT2D eigenvalue weighted by molar-refractivity contribution is 0.318. The van der Waals surface area contributed by atoms with Gasteiger partial charge in [0.2, 0.25) is 0 Å². The van der Waals surface area contributed by atoms with Crippen molar-refractivity contribution in [3.05, 3.63) is 28.2 Å². The second-order valence-corrected chi connectivity index (χ2v) is 5.71. The molecule has 0 unspecified atom stereocenters. The summed E-state index contributed by atoms with van der Waals surface area (Å²) in [4.78, 5) is 1.20. The molecule has 3 nitrogen and oxygen atoms in total. The first-order chi connectivity index (χ1) is 8.19. The van der Waals surface area contributed by atoms with Gasteiger partial charge < -0.3 is 10.9 Å². The van der Waals surface area contributed by atoms with Gasteiger partial charge in [0.1, 0.15) is 0 Å². The molecular formula is C12H17BrN2OS. The van der Waals surface area contributed by atoms with Crippen LogP contribution in [0.1, 0.15) is 31.7 Å². The Morgan fingerprint density at radius 1 is 1.47 bits per heavy atom. The molecule has 0 bridgehead atoms. The summed E-state index contributed by atoms with van der Waals surface area (Å²) in [7, 11) is 0. The lowest BCUT2D eigenvalue weighted by Crippen LogP contribution is -2.13. The summed E-state index contributed by atoms with van der Waals surface area (Å²) in [6, 6.07) is 5.86. The van der Waals surface area contributed by atoms with Crippen molar-refractivity contribution in [3.63, 3.8) is 0 Å². The van der Waals surface area contributed by atoms with E-state index in [1.54, 1.807) is 0 Å². The summed E-state index contributed by atoms with van der Waals surface area (Å²) in [6.07, 6.45) is 3.75. The third kappa shape index (κ3) is 4.60. The number of amidine groups is 1. The molecule has 3 N–H and O–H groups in total. The van der Waals surface area contributed by atoms with E-state index >= 15 is 0 Å². The first kappa shape index (κ1) is 14.4. The molecule has 1 aromatic rings. The number of halogens is 1. The van der Waals surface area contributed by atoms with Crippen LogP contribution in [0.15, 0.2) is 32.7 Å². The molecule has 0 heterocycles. The van der Waals surface area contributed by atoms with Gasteiger partial charge >= 0.3 is 0 Å². The van der Waals surface area contributed by atoms with E-state index in [0.717, 1.165) is 10.2 Å². The fourth-order valence-corrected chi connectivity index (χ4v) is 3.07.